The van der Waals surface area contributed by atoms with Crippen LogP contribution in [0.3, 0.4) is 0 Å². The number of nitrogens with one attached hydrogen (secondary N) is 2. The van der Waals surface area contributed by atoms with Crippen molar-refractivity contribution < 1.29 is 9.53 Å². The van der Waals surface area contributed by atoms with Gasteiger partial charge in [-0.15, -0.1) is 11.3 Å². The van der Waals surface area contributed by atoms with Gasteiger partial charge in [-0.05, 0) is 56.8 Å². The molecule has 3 rings (SSSR count). The minimum Gasteiger partial charge on any atom is -0.475 e. The third-order valence-corrected chi connectivity index (χ3v) is 5.49. The molecule has 1 saturated heterocycles. The maximum atomic E-state index is 12.2. The molecule has 1 aliphatic heterocycles. The molecule has 0 saturated carbocycles. The zero-order valence-corrected chi connectivity index (χ0v) is 16.8. The summed E-state index contributed by atoms with van der Waals surface area (Å²) in [5, 5.41) is 8.03. The quantitative estimate of drug-likeness (QED) is 0.726. The van der Waals surface area contributed by atoms with E-state index in [4.69, 9.17) is 4.74 Å². The Morgan fingerprint density at radius 2 is 2.07 bits per heavy atom. The van der Waals surface area contributed by atoms with Gasteiger partial charge in [0.25, 0.3) is 0 Å². The number of carbonyl (C=O) groups excluding carboxylic acids is 1. The van der Waals surface area contributed by atoms with Crippen molar-refractivity contribution in [3.8, 4) is 5.88 Å². The Morgan fingerprint density at radius 1 is 1.26 bits per heavy atom. The van der Waals surface area contributed by atoms with Crippen LogP contribution in [-0.2, 0) is 6.54 Å². The van der Waals surface area contributed by atoms with E-state index in [1.54, 1.807) is 17.5 Å². The fourth-order valence-electron chi connectivity index (χ4n) is 3.20. The second-order valence-electron chi connectivity index (χ2n) is 7.01. The van der Waals surface area contributed by atoms with Crippen molar-refractivity contribution in [2.75, 3.05) is 19.6 Å². The number of pyridine rings is 1. The number of ether oxygens (including phenoxy) is 1. The number of hydrogen-bond acceptors (Lipinski definition) is 5. The standard InChI is InChI=1S/C20H28N4O2S/c1-15(2)26-19-8-7-16(12-21-19)13-22-20(25)23-14-17(18-6-5-11-27-18)24-9-3-4-10-24/h5-8,11-12,15,17H,3-4,9-10,13-14H2,1-2H3,(H2,22,23,25). The molecule has 27 heavy (non-hydrogen) atoms. The summed E-state index contributed by atoms with van der Waals surface area (Å²) in [5.74, 6) is 0.600. The molecule has 1 atom stereocenters. The van der Waals surface area contributed by atoms with Crippen molar-refractivity contribution in [2.45, 2.75) is 45.4 Å². The van der Waals surface area contributed by atoms with Crippen molar-refractivity contribution in [1.29, 1.82) is 0 Å². The Labute approximate surface area is 164 Å². The van der Waals surface area contributed by atoms with Crippen molar-refractivity contribution in [3.05, 3.63) is 46.3 Å². The van der Waals surface area contributed by atoms with Crippen LogP contribution in [0.1, 0.15) is 43.2 Å². The van der Waals surface area contributed by atoms with E-state index in [9.17, 15) is 4.79 Å². The number of nitrogens with zero attached hydrogens (tertiary/aromatic N) is 2. The molecule has 0 aromatic carbocycles. The van der Waals surface area contributed by atoms with Gasteiger partial charge in [0.2, 0.25) is 5.88 Å². The van der Waals surface area contributed by atoms with Crippen LogP contribution < -0.4 is 15.4 Å². The van der Waals surface area contributed by atoms with Crippen molar-refractivity contribution in [2.24, 2.45) is 0 Å². The van der Waals surface area contributed by atoms with Gasteiger partial charge in [-0.1, -0.05) is 12.1 Å². The van der Waals surface area contributed by atoms with Crippen LogP contribution in [0.25, 0.3) is 0 Å². The van der Waals surface area contributed by atoms with Gasteiger partial charge < -0.3 is 15.4 Å². The van der Waals surface area contributed by atoms with Gasteiger partial charge in [0.1, 0.15) is 0 Å². The van der Waals surface area contributed by atoms with Gasteiger partial charge in [0, 0.05) is 30.2 Å². The number of rotatable bonds is 8. The molecular weight excluding hydrogens is 360 g/mol. The fourth-order valence-corrected chi connectivity index (χ4v) is 4.07. The largest absolute Gasteiger partial charge is 0.475 e. The number of thiophene rings is 1. The third kappa shape index (κ3) is 5.94. The van der Waals surface area contributed by atoms with Crippen LogP contribution in [0.2, 0.25) is 0 Å². The molecule has 0 spiro atoms. The molecule has 2 N–H and O–H groups in total. The molecule has 2 aromatic heterocycles. The maximum Gasteiger partial charge on any atom is 0.315 e. The first-order valence-electron chi connectivity index (χ1n) is 9.52. The van der Waals surface area contributed by atoms with E-state index in [1.165, 1.54) is 17.7 Å². The summed E-state index contributed by atoms with van der Waals surface area (Å²) in [7, 11) is 0. The van der Waals surface area contributed by atoms with Crippen LogP contribution in [0.5, 0.6) is 5.88 Å². The number of carbonyl (C=O) groups is 1. The second-order valence-corrected chi connectivity index (χ2v) is 7.99. The summed E-state index contributed by atoms with van der Waals surface area (Å²) in [5.41, 5.74) is 0.940. The smallest absolute Gasteiger partial charge is 0.315 e. The van der Waals surface area contributed by atoms with E-state index in [0.717, 1.165) is 18.7 Å². The summed E-state index contributed by atoms with van der Waals surface area (Å²) in [4.78, 5) is 20.3. The summed E-state index contributed by atoms with van der Waals surface area (Å²) >= 11 is 1.75. The van der Waals surface area contributed by atoms with Crippen molar-refractivity contribution in [1.82, 2.24) is 20.5 Å². The lowest BCUT2D eigenvalue weighted by atomic mass is 10.2. The van der Waals surface area contributed by atoms with Gasteiger partial charge in [-0.25, -0.2) is 9.78 Å². The Hall–Kier alpha value is -2.12. The van der Waals surface area contributed by atoms with Gasteiger partial charge in [0.15, 0.2) is 0 Å². The lowest BCUT2D eigenvalue weighted by molar-refractivity contribution is 0.222. The third-order valence-electron chi connectivity index (χ3n) is 4.52. The Bertz CT molecular complexity index is 697. The van der Waals surface area contributed by atoms with E-state index >= 15 is 0 Å². The Kier molecular flexibility index (Phi) is 7.06. The van der Waals surface area contributed by atoms with Crippen LogP contribution in [-0.4, -0.2) is 41.7 Å². The SMILES string of the molecule is CC(C)Oc1ccc(CNC(=O)NCC(c2cccs2)N2CCCC2)cn1. The zero-order chi connectivity index (χ0) is 19.1. The van der Waals surface area contributed by atoms with Crippen LogP contribution in [0, 0.1) is 0 Å². The summed E-state index contributed by atoms with van der Waals surface area (Å²) < 4.78 is 5.53. The molecule has 0 radical (unpaired) electrons. The van der Waals surface area contributed by atoms with Crippen molar-refractivity contribution in [3.63, 3.8) is 0 Å². The first-order valence-corrected chi connectivity index (χ1v) is 10.4. The van der Waals surface area contributed by atoms with Gasteiger partial charge >= 0.3 is 6.03 Å². The van der Waals surface area contributed by atoms with E-state index in [1.807, 2.05) is 26.0 Å². The van der Waals surface area contributed by atoms with Gasteiger partial charge in [-0.3, -0.25) is 4.90 Å². The van der Waals surface area contributed by atoms with E-state index in [2.05, 4.69) is 38.0 Å². The van der Waals surface area contributed by atoms with Crippen LogP contribution in [0.4, 0.5) is 4.79 Å². The summed E-state index contributed by atoms with van der Waals surface area (Å²) in [6.45, 7) is 7.19. The minimum atomic E-state index is -0.154. The normalized spacial score (nSPS) is 15.7. The summed E-state index contributed by atoms with van der Waals surface area (Å²) in [6, 6.07) is 8.08. The molecule has 3 heterocycles. The fraction of sp³-hybridized carbons (Fsp3) is 0.500. The highest BCUT2D eigenvalue weighted by Gasteiger charge is 2.24. The Morgan fingerprint density at radius 3 is 2.70 bits per heavy atom. The predicted octanol–water partition coefficient (Wildman–Crippen LogP) is 3.57. The highest BCUT2D eigenvalue weighted by atomic mass is 32.1. The lowest BCUT2D eigenvalue weighted by Gasteiger charge is -2.26. The number of amides is 2. The topological polar surface area (TPSA) is 66.5 Å². The number of likely N-dealkylation sites (tertiary alicyclic amines) is 1. The van der Waals surface area contributed by atoms with E-state index in [-0.39, 0.29) is 18.2 Å². The Balaban J connectivity index is 1.46. The number of hydrogen-bond donors (Lipinski definition) is 2. The molecule has 1 unspecified atom stereocenters. The predicted molar refractivity (Wildman–Crippen MR) is 108 cm³/mol. The molecule has 0 bridgehead atoms. The number of urea groups is 1. The molecular formula is C20H28N4O2S. The zero-order valence-electron chi connectivity index (χ0n) is 16.0. The first-order chi connectivity index (χ1) is 13.1. The molecule has 146 valence electrons. The lowest BCUT2D eigenvalue weighted by Crippen LogP contribution is -2.41. The minimum absolute atomic E-state index is 0.0964. The van der Waals surface area contributed by atoms with Crippen molar-refractivity contribution >= 4 is 17.4 Å². The number of aromatic nitrogens is 1. The van der Waals surface area contributed by atoms with Gasteiger partial charge in [-0.2, -0.15) is 0 Å². The van der Waals surface area contributed by atoms with E-state index in [0.29, 0.717) is 19.0 Å². The average molecular weight is 389 g/mol. The highest BCUT2D eigenvalue weighted by molar-refractivity contribution is 7.10. The molecule has 2 amide bonds. The highest BCUT2D eigenvalue weighted by Crippen LogP contribution is 2.27. The molecule has 1 aliphatic rings. The van der Waals surface area contributed by atoms with Crippen LogP contribution in [0.15, 0.2) is 35.8 Å². The molecule has 0 aliphatic carbocycles. The average Bonchev–Trinajstić information content (AvgIpc) is 3.35. The van der Waals surface area contributed by atoms with Crippen LogP contribution >= 0.6 is 11.3 Å². The first kappa shape index (κ1) is 19.6. The van der Waals surface area contributed by atoms with E-state index < -0.39 is 0 Å². The second kappa shape index (κ2) is 9.71. The molecule has 1 fully saturated rings. The van der Waals surface area contributed by atoms with Gasteiger partial charge in [0.05, 0.1) is 12.1 Å². The molecule has 6 nitrogen and oxygen atoms in total. The summed E-state index contributed by atoms with van der Waals surface area (Å²) in [6.07, 6.45) is 4.30. The molecule has 7 heteroatoms. The molecule has 2 aromatic rings. The monoisotopic (exact) mass is 388 g/mol. The maximum absolute atomic E-state index is 12.2.